The van der Waals surface area contributed by atoms with E-state index >= 15 is 0 Å². The van der Waals surface area contributed by atoms with Gasteiger partial charge in [-0.05, 0) is 37.3 Å². The molecule has 1 heterocycles. The number of carboxylic acid groups (broad SMARTS) is 1. The fourth-order valence-electron chi connectivity index (χ4n) is 3.05. The predicted octanol–water partition coefficient (Wildman–Crippen LogP) is 3.06. The molecule has 1 saturated carbocycles. The zero-order chi connectivity index (χ0) is 15.4. The number of carbonyl (C=O) groups excluding carboxylic acids is 1. The number of aliphatic carboxylic acids is 1. The lowest BCUT2D eigenvalue weighted by Crippen LogP contribution is -2.34. The molecule has 116 valence electrons. The minimum atomic E-state index is -0.838. The van der Waals surface area contributed by atoms with Crippen molar-refractivity contribution in [2.24, 2.45) is 17.8 Å². The number of rotatable bonds is 6. The molecule has 1 aliphatic rings. The van der Waals surface area contributed by atoms with Gasteiger partial charge >= 0.3 is 5.97 Å². The van der Waals surface area contributed by atoms with Crippen LogP contribution in [0.15, 0.2) is 12.1 Å². The molecule has 1 amide bonds. The van der Waals surface area contributed by atoms with Crippen LogP contribution >= 0.6 is 11.3 Å². The Labute approximate surface area is 129 Å². The summed E-state index contributed by atoms with van der Waals surface area (Å²) in [5, 5.41) is 12.2. The summed E-state index contributed by atoms with van der Waals surface area (Å²) < 4.78 is 0. The summed E-state index contributed by atoms with van der Waals surface area (Å²) in [4.78, 5) is 26.0. The number of hydrogen-bond acceptors (Lipinski definition) is 3. The number of carboxylic acids is 1. The van der Waals surface area contributed by atoms with E-state index in [4.69, 9.17) is 0 Å². The highest BCUT2D eigenvalue weighted by atomic mass is 32.1. The maximum Gasteiger partial charge on any atom is 0.307 e. The second-order valence-electron chi connectivity index (χ2n) is 5.74. The number of hydrogen-bond donors (Lipinski definition) is 2. The van der Waals surface area contributed by atoms with Gasteiger partial charge in [-0.15, -0.1) is 11.3 Å². The molecule has 0 aromatic carbocycles. The minimum Gasteiger partial charge on any atom is -0.481 e. The Bertz CT molecular complexity index is 511. The lowest BCUT2D eigenvalue weighted by atomic mass is 9.95. The van der Waals surface area contributed by atoms with Gasteiger partial charge in [0.05, 0.1) is 18.4 Å². The second-order valence-corrected chi connectivity index (χ2v) is 6.99. The van der Waals surface area contributed by atoms with Crippen molar-refractivity contribution in [3.05, 3.63) is 21.9 Å². The molecule has 1 aliphatic carbocycles. The molecule has 21 heavy (non-hydrogen) atoms. The highest BCUT2D eigenvalue weighted by molar-refractivity contribution is 7.11. The number of nitrogens with one attached hydrogen (secondary N) is 1. The molecular weight excluding hydrogens is 286 g/mol. The molecule has 0 bridgehead atoms. The maximum absolute atomic E-state index is 12.3. The van der Waals surface area contributed by atoms with E-state index in [0.717, 1.165) is 17.7 Å². The first kappa shape index (κ1) is 16.0. The summed E-state index contributed by atoms with van der Waals surface area (Å²) >= 11 is 1.70. The number of carbonyl (C=O) groups is 2. The summed E-state index contributed by atoms with van der Waals surface area (Å²) in [5.41, 5.74) is 0. The average Bonchev–Trinajstić information content (AvgIpc) is 3.11. The van der Waals surface area contributed by atoms with Crippen LogP contribution in [0.1, 0.15) is 42.9 Å². The van der Waals surface area contributed by atoms with Crippen LogP contribution < -0.4 is 5.32 Å². The highest BCUT2D eigenvalue weighted by Crippen LogP contribution is 2.38. The van der Waals surface area contributed by atoms with Gasteiger partial charge in [-0.25, -0.2) is 0 Å². The lowest BCUT2D eigenvalue weighted by molar-refractivity contribution is -0.146. The van der Waals surface area contributed by atoms with Crippen LogP contribution in [-0.4, -0.2) is 17.0 Å². The van der Waals surface area contributed by atoms with Gasteiger partial charge < -0.3 is 10.4 Å². The van der Waals surface area contributed by atoms with Gasteiger partial charge in [0.15, 0.2) is 0 Å². The van der Waals surface area contributed by atoms with Gasteiger partial charge in [-0.3, -0.25) is 9.59 Å². The molecule has 0 radical (unpaired) electrons. The maximum atomic E-state index is 12.3. The normalized spacial score (nSPS) is 25.0. The van der Waals surface area contributed by atoms with Crippen LogP contribution in [0.5, 0.6) is 0 Å². The van der Waals surface area contributed by atoms with Gasteiger partial charge in [0, 0.05) is 9.75 Å². The Morgan fingerprint density at radius 1 is 1.24 bits per heavy atom. The van der Waals surface area contributed by atoms with Gasteiger partial charge in [-0.2, -0.15) is 0 Å². The predicted molar refractivity (Wildman–Crippen MR) is 83.2 cm³/mol. The zero-order valence-electron chi connectivity index (χ0n) is 12.6. The summed E-state index contributed by atoms with van der Waals surface area (Å²) in [6, 6.07) is 4.11. The van der Waals surface area contributed by atoms with Crippen LogP contribution in [0.4, 0.5) is 0 Å². The Kier molecular flexibility index (Phi) is 5.39. The van der Waals surface area contributed by atoms with Crippen LogP contribution in [-0.2, 0) is 22.6 Å². The van der Waals surface area contributed by atoms with E-state index in [1.165, 1.54) is 4.88 Å². The van der Waals surface area contributed by atoms with Crippen molar-refractivity contribution in [1.82, 2.24) is 5.32 Å². The topological polar surface area (TPSA) is 66.4 Å². The first-order chi connectivity index (χ1) is 10.0. The van der Waals surface area contributed by atoms with E-state index in [1.807, 2.05) is 6.07 Å². The Hall–Kier alpha value is -1.36. The van der Waals surface area contributed by atoms with Gasteiger partial charge in [0.2, 0.25) is 5.91 Å². The molecule has 1 aromatic rings. The summed E-state index contributed by atoms with van der Waals surface area (Å²) in [6.07, 6.45) is 3.27. The molecule has 4 nitrogen and oxygen atoms in total. The molecular formula is C16H23NO3S. The number of thiophene rings is 1. The second kappa shape index (κ2) is 7.07. The van der Waals surface area contributed by atoms with Crippen molar-refractivity contribution in [3.8, 4) is 0 Å². The van der Waals surface area contributed by atoms with E-state index < -0.39 is 11.9 Å². The van der Waals surface area contributed by atoms with Crippen LogP contribution in [0.25, 0.3) is 0 Å². The fraction of sp³-hybridized carbons (Fsp3) is 0.625. The lowest BCUT2D eigenvalue weighted by Gasteiger charge is -2.15. The summed E-state index contributed by atoms with van der Waals surface area (Å²) in [6.45, 7) is 4.67. The first-order valence-corrected chi connectivity index (χ1v) is 8.44. The van der Waals surface area contributed by atoms with E-state index in [0.29, 0.717) is 25.3 Å². The third kappa shape index (κ3) is 3.84. The van der Waals surface area contributed by atoms with E-state index in [2.05, 4.69) is 25.2 Å². The number of aryl methyl sites for hydroxylation is 1. The zero-order valence-corrected chi connectivity index (χ0v) is 13.4. The standard InChI is InChI=1S/C16H23NO3S/c1-3-10-7-13(14(8-10)16(19)20)15(18)17-9-12-6-5-11(4-2)21-12/h5-6,10,13-14H,3-4,7-9H2,1-2H3,(H,17,18)(H,19,20)/t10?,13-,14+/m0/s1. The SMILES string of the molecule is CCc1ccc(CNC(=O)[C@H]2CC(CC)C[C@H]2C(=O)O)s1. The molecule has 0 spiro atoms. The van der Waals surface area contributed by atoms with Gasteiger partial charge in [0.1, 0.15) is 0 Å². The van der Waals surface area contributed by atoms with Crippen LogP contribution in [0.3, 0.4) is 0 Å². The van der Waals surface area contributed by atoms with E-state index in [-0.39, 0.29) is 11.8 Å². The molecule has 3 atom stereocenters. The van der Waals surface area contributed by atoms with Crippen molar-refractivity contribution in [2.45, 2.75) is 46.1 Å². The van der Waals surface area contributed by atoms with Crippen LogP contribution in [0.2, 0.25) is 0 Å². The van der Waals surface area contributed by atoms with Gasteiger partial charge in [-0.1, -0.05) is 20.3 Å². The molecule has 1 fully saturated rings. The highest BCUT2D eigenvalue weighted by Gasteiger charge is 2.41. The Balaban J connectivity index is 1.93. The Morgan fingerprint density at radius 3 is 2.48 bits per heavy atom. The number of amides is 1. The molecule has 0 aliphatic heterocycles. The summed E-state index contributed by atoms with van der Waals surface area (Å²) in [5.74, 6) is -1.49. The van der Waals surface area contributed by atoms with Crippen molar-refractivity contribution < 1.29 is 14.7 Å². The largest absolute Gasteiger partial charge is 0.481 e. The van der Waals surface area contributed by atoms with Crippen molar-refractivity contribution in [1.29, 1.82) is 0 Å². The third-order valence-corrected chi connectivity index (χ3v) is 5.62. The Morgan fingerprint density at radius 2 is 1.90 bits per heavy atom. The quantitative estimate of drug-likeness (QED) is 0.848. The minimum absolute atomic E-state index is 0.107. The van der Waals surface area contributed by atoms with E-state index in [1.54, 1.807) is 11.3 Å². The molecule has 5 heteroatoms. The monoisotopic (exact) mass is 309 g/mol. The smallest absolute Gasteiger partial charge is 0.307 e. The molecule has 2 N–H and O–H groups in total. The molecule has 1 aromatic heterocycles. The fourth-order valence-corrected chi connectivity index (χ4v) is 3.95. The first-order valence-electron chi connectivity index (χ1n) is 7.63. The van der Waals surface area contributed by atoms with Crippen molar-refractivity contribution in [2.75, 3.05) is 0 Å². The van der Waals surface area contributed by atoms with Crippen LogP contribution in [0, 0.1) is 17.8 Å². The molecule has 0 saturated heterocycles. The van der Waals surface area contributed by atoms with Crippen molar-refractivity contribution in [3.63, 3.8) is 0 Å². The summed E-state index contributed by atoms with van der Waals surface area (Å²) in [7, 11) is 0. The molecule has 1 unspecified atom stereocenters. The molecule has 2 rings (SSSR count). The van der Waals surface area contributed by atoms with E-state index in [9.17, 15) is 14.7 Å². The third-order valence-electron chi connectivity index (χ3n) is 4.39. The van der Waals surface area contributed by atoms with Crippen molar-refractivity contribution >= 4 is 23.2 Å². The van der Waals surface area contributed by atoms with Gasteiger partial charge in [0.25, 0.3) is 0 Å². The average molecular weight is 309 g/mol.